The molecule has 0 saturated carbocycles. The highest BCUT2D eigenvalue weighted by Gasteiger charge is 2.09. The van der Waals surface area contributed by atoms with Crippen molar-refractivity contribution in [3.05, 3.63) is 69.5 Å². The van der Waals surface area contributed by atoms with Crippen molar-refractivity contribution in [1.82, 2.24) is 5.43 Å². The molecule has 2 aromatic rings. The molecule has 0 aliphatic rings. The van der Waals surface area contributed by atoms with Crippen molar-refractivity contribution in [2.75, 3.05) is 0 Å². The van der Waals surface area contributed by atoms with E-state index in [1.54, 1.807) is 12.1 Å². The molecular formula is C15H13N3O4. The minimum absolute atomic E-state index is 0.309. The molecule has 112 valence electrons. The number of nitro groups is 1. The summed E-state index contributed by atoms with van der Waals surface area (Å²) in [7, 11) is 0. The Kier molecular flexibility index (Phi) is 4.81. The molecule has 0 aliphatic heterocycles. The zero-order valence-electron chi connectivity index (χ0n) is 11.7. The quantitative estimate of drug-likeness (QED) is 0.521. The lowest BCUT2D eigenvalue weighted by Gasteiger charge is -2.02. The van der Waals surface area contributed by atoms with Crippen LogP contribution < -0.4 is 5.43 Å². The van der Waals surface area contributed by atoms with Crippen LogP contribution in [0.1, 0.15) is 21.7 Å². The van der Waals surface area contributed by atoms with Gasteiger partial charge in [-0.2, -0.15) is 5.10 Å². The minimum Gasteiger partial charge on any atom is -0.401 e. The van der Waals surface area contributed by atoms with E-state index in [9.17, 15) is 14.9 Å². The van der Waals surface area contributed by atoms with Crippen LogP contribution >= 0.6 is 0 Å². The molecule has 1 amide bonds. The number of furan rings is 1. The average molecular weight is 299 g/mol. The number of carbonyl (C=O) groups is 1. The molecule has 0 bridgehead atoms. The summed E-state index contributed by atoms with van der Waals surface area (Å²) in [4.78, 5) is 21.7. The Hall–Kier alpha value is -3.22. The Morgan fingerprint density at radius 2 is 2.09 bits per heavy atom. The van der Waals surface area contributed by atoms with Crippen molar-refractivity contribution >= 4 is 24.1 Å². The van der Waals surface area contributed by atoms with E-state index in [-0.39, 0.29) is 11.8 Å². The highest BCUT2D eigenvalue weighted by molar-refractivity contribution is 5.96. The molecule has 22 heavy (non-hydrogen) atoms. The number of nitrogens with zero attached hydrogens (tertiary/aromatic N) is 2. The summed E-state index contributed by atoms with van der Waals surface area (Å²) in [6.07, 6.45) is 4.35. The summed E-state index contributed by atoms with van der Waals surface area (Å²) in [5.41, 5.74) is 3.79. The number of nitrogens with one attached hydrogen (secondary N) is 1. The van der Waals surface area contributed by atoms with Crippen LogP contribution in [0.25, 0.3) is 6.08 Å². The Morgan fingerprint density at radius 1 is 1.32 bits per heavy atom. The van der Waals surface area contributed by atoms with Crippen LogP contribution in [0.2, 0.25) is 0 Å². The van der Waals surface area contributed by atoms with Crippen molar-refractivity contribution < 1.29 is 14.1 Å². The summed E-state index contributed by atoms with van der Waals surface area (Å²) in [5, 5.41) is 14.2. The number of carbonyl (C=O) groups excluding carboxylic acids is 1. The maximum absolute atomic E-state index is 11.8. The van der Waals surface area contributed by atoms with Gasteiger partial charge in [0.05, 0.1) is 6.07 Å². The molecule has 2 rings (SSSR count). The van der Waals surface area contributed by atoms with Crippen LogP contribution in [0.5, 0.6) is 0 Å². The molecule has 0 fully saturated rings. The van der Waals surface area contributed by atoms with Gasteiger partial charge in [0.2, 0.25) is 0 Å². The van der Waals surface area contributed by atoms with Crippen LogP contribution in [-0.4, -0.2) is 17.0 Å². The standard InChI is InChI=1S/C15H13N3O4/c1-11-5-2-3-7-13(11)15(19)17-16-10-4-6-12-8-9-14(22-12)18(20)21/h2-10H,1H3,(H,17,19). The van der Waals surface area contributed by atoms with Crippen molar-refractivity contribution in [2.45, 2.75) is 6.92 Å². The van der Waals surface area contributed by atoms with Gasteiger partial charge in [-0.15, -0.1) is 0 Å². The highest BCUT2D eigenvalue weighted by Crippen LogP contribution is 2.16. The van der Waals surface area contributed by atoms with E-state index in [4.69, 9.17) is 4.42 Å². The Labute approximate surface area is 126 Å². The lowest BCUT2D eigenvalue weighted by molar-refractivity contribution is -0.402. The van der Waals surface area contributed by atoms with Crippen LogP contribution in [0.4, 0.5) is 5.88 Å². The molecular weight excluding hydrogens is 286 g/mol. The molecule has 0 aliphatic carbocycles. The second-order valence-electron chi connectivity index (χ2n) is 4.33. The van der Waals surface area contributed by atoms with Gasteiger partial charge >= 0.3 is 5.88 Å². The van der Waals surface area contributed by atoms with E-state index in [0.717, 1.165) is 5.56 Å². The molecule has 1 heterocycles. The fraction of sp³-hybridized carbons (Fsp3) is 0.0667. The van der Waals surface area contributed by atoms with Crippen molar-refractivity contribution in [2.24, 2.45) is 5.10 Å². The summed E-state index contributed by atoms with van der Waals surface area (Å²) < 4.78 is 4.92. The monoisotopic (exact) mass is 299 g/mol. The van der Waals surface area contributed by atoms with E-state index in [0.29, 0.717) is 11.3 Å². The van der Waals surface area contributed by atoms with Gasteiger partial charge in [0, 0.05) is 11.8 Å². The van der Waals surface area contributed by atoms with Gasteiger partial charge < -0.3 is 4.42 Å². The van der Waals surface area contributed by atoms with Gasteiger partial charge in [0.25, 0.3) is 5.91 Å². The molecule has 1 aromatic heterocycles. The number of allylic oxidation sites excluding steroid dienone is 1. The molecule has 0 radical (unpaired) electrons. The summed E-state index contributed by atoms with van der Waals surface area (Å²) in [6, 6.07) is 9.89. The van der Waals surface area contributed by atoms with E-state index >= 15 is 0 Å². The van der Waals surface area contributed by atoms with Crippen molar-refractivity contribution in [3.63, 3.8) is 0 Å². The second kappa shape index (κ2) is 6.98. The molecule has 0 spiro atoms. The van der Waals surface area contributed by atoms with Crippen LogP contribution in [0, 0.1) is 17.0 Å². The number of hydrogen-bond acceptors (Lipinski definition) is 5. The zero-order chi connectivity index (χ0) is 15.9. The van der Waals surface area contributed by atoms with Crippen LogP contribution in [0.15, 0.2) is 52.0 Å². The molecule has 1 aromatic carbocycles. The zero-order valence-corrected chi connectivity index (χ0v) is 11.7. The Balaban J connectivity index is 1.90. The van der Waals surface area contributed by atoms with Crippen LogP contribution in [0.3, 0.4) is 0 Å². The third-order valence-electron chi connectivity index (χ3n) is 2.77. The second-order valence-corrected chi connectivity index (χ2v) is 4.33. The van der Waals surface area contributed by atoms with Crippen molar-refractivity contribution in [3.8, 4) is 0 Å². The fourth-order valence-electron chi connectivity index (χ4n) is 1.69. The van der Waals surface area contributed by atoms with Gasteiger partial charge in [-0.3, -0.25) is 14.9 Å². The molecule has 0 saturated heterocycles. The number of aryl methyl sites for hydroxylation is 1. The fourth-order valence-corrected chi connectivity index (χ4v) is 1.69. The lowest BCUT2D eigenvalue weighted by atomic mass is 10.1. The third kappa shape index (κ3) is 3.89. The van der Waals surface area contributed by atoms with Gasteiger partial charge in [-0.05, 0) is 36.8 Å². The predicted octanol–water partition coefficient (Wildman–Crippen LogP) is 2.93. The molecule has 0 atom stereocenters. The smallest absolute Gasteiger partial charge is 0.401 e. The number of rotatable bonds is 5. The first-order valence-electron chi connectivity index (χ1n) is 6.38. The summed E-state index contributed by atoms with van der Waals surface area (Å²) in [6.45, 7) is 1.84. The lowest BCUT2D eigenvalue weighted by Crippen LogP contribution is -2.18. The number of amides is 1. The average Bonchev–Trinajstić information content (AvgIpc) is 2.96. The van der Waals surface area contributed by atoms with Gasteiger partial charge in [-0.25, -0.2) is 5.43 Å². The Bertz CT molecular complexity index is 747. The normalized spacial score (nSPS) is 11.1. The van der Waals surface area contributed by atoms with Gasteiger partial charge in [0.1, 0.15) is 10.7 Å². The Morgan fingerprint density at radius 3 is 2.77 bits per heavy atom. The molecule has 1 N–H and O–H groups in total. The SMILES string of the molecule is Cc1ccccc1C(=O)NN=CC=Cc1ccc([N+](=O)[O-])o1. The highest BCUT2D eigenvalue weighted by atomic mass is 16.6. The van der Waals surface area contributed by atoms with E-state index in [1.165, 1.54) is 30.5 Å². The first kappa shape index (κ1) is 15.2. The molecule has 7 heteroatoms. The minimum atomic E-state index is -0.617. The predicted molar refractivity (Wildman–Crippen MR) is 81.5 cm³/mol. The number of hydrazone groups is 1. The van der Waals surface area contributed by atoms with E-state index in [1.807, 2.05) is 19.1 Å². The number of benzene rings is 1. The maximum Gasteiger partial charge on any atom is 0.433 e. The van der Waals surface area contributed by atoms with E-state index < -0.39 is 4.92 Å². The molecule has 0 unspecified atom stereocenters. The topological polar surface area (TPSA) is 97.7 Å². The van der Waals surface area contributed by atoms with Gasteiger partial charge in [-0.1, -0.05) is 18.2 Å². The first-order valence-corrected chi connectivity index (χ1v) is 6.38. The molecule has 7 nitrogen and oxygen atoms in total. The summed E-state index contributed by atoms with van der Waals surface area (Å²) in [5.74, 6) is -0.316. The van der Waals surface area contributed by atoms with Gasteiger partial charge in [0.15, 0.2) is 0 Å². The number of hydrogen-bond donors (Lipinski definition) is 1. The van der Waals surface area contributed by atoms with Crippen molar-refractivity contribution in [1.29, 1.82) is 0 Å². The third-order valence-corrected chi connectivity index (χ3v) is 2.77. The maximum atomic E-state index is 11.8. The van der Waals surface area contributed by atoms with Crippen LogP contribution in [-0.2, 0) is 0 Å². The van der Waals surface area contributed by atoms with E-state index in [2.05, 4.69) is 10.5 Å². The first-order chi connectivity index (χ1) is 10.6. The summed E-state index contributed by atoms with van der Waals surface area (Å²) >= 11 is 0. The largest absolute Gasteiger partial charge is 0.433 e.